The van der Waals surface area contributed by atoms with Crippen LogP contribution in [-0.4, -0.2) is 24.7 Å². The van der Waals surface area contributed by atoms with Gasteiger partial charge < -0.3 is 15.3 Å². The Labute approximate surface area is 124 Å². The lowest BCUT2D eigenvalue weighted by atomic mass is 10.0. The Morgan fingerprint density at radius 2 is 1.90 bits per heavy atom. The maximum absolute atomic E-state index is 10.3. The van der Waals surface area contributed by atoms with Crippen LogP contribution in [0, 0.1) is 5.92 Å². The van der Waals surface area contributed by atoms with Gasteiger partial charge in [-0.15, -0.1) is 0 Å². The van der Waals surface area contributed by atoms with Crippen molar-refractivity contribution in [1.82, 2.24) is 5.32 Å². The Balaban J connectivity index is 2.89. The largest absolute Gasteiger partial charge is 0.508 e. The van der Waals surface area contributed by atoms with Crippen LogP contribution in [0.4, 0.5) is 5.69 Å². The summed E-state index contributed by atoms with van der Waals surface area (Å²) >= 11 is 0. The van der Waals surface area contributed by atoms with Crippen molar-refractivity contribution in [1.29, 1.82) is 0 Å². The minimum absolute atomic E-state index is 0.179. The van der Waals surface area contributed by atoms with Gasteiger partial charge in [-0.1, -0.05) is 33.3 Å². The molecule has 114 valence electrons. The minimum Gasteiger partial charge on any atom is -0.508 e. The fourth-order valence-electron chi connectivity index (χ4n) is 2.43. The summed E-state index contributed by atoms with van der Waals surface area (Å²) in [5, 5.41) is 13.6. The molecule has 0 amide bonds. The second-order valence-corrected chi connectivity index (χ2v) is 5.57. The van der Waals surface area contributed by atoms with Gasteiger partial charge in [0.25, 0.3) is 0 Å². The van der Waals surface area contributed by atoms with Crippen molar-refractivity contribution < 1.29 is 5.11 Å². The third kappa shape index (κ3) is 4.41. The molecule has 2 atom stereocenters. The molecule has 2 N–H and O–H groups in total. The second-order valence-electron chi connectivity index (χ2n) is 5.57. The summed E-state index contributed by atoms with van der Waals surface area (Å²) in [7, 11) is 0. The molecule has 0 saturated carbocycles. The number of aromatic hydroxyl groups is 1. The Morgan fingerprint density at radius 1 is 1.20 bits per heavy atom. The molecule has 1 aromatic rings. The van der Waals surface area contributed by atoms with Gasteiger partial charge in [0, 0.05) is 36.4 Å². The van der Waals surface area contributed by atoms with E-state index in [2.05, 4.69) is 50.9 Å². The monoisotopic (exact) mass is 278 g/mol. The van der Waals surface area contributed by atoms with E-state index in [0.717, 1.165) is 30.9 Å². The van der Waals surface area contributed by atoms with Crippen LogP contribution in [0.15, 0.2) is 18.2 Å². The van der Waals surface area contributed by atoms with Crippen molar-refractivity contribution in [2.45, 2.75) is 47.1 Å². The van der Waals surface area contributed by atoms with E-state index in [1.165, 1.54) is 6.42 Å². The molecule has 3 nitrogen and oxygen atoms in total. The van der Waals surface area contributed by atoms with Crippen LogP contribution >= 0.6 is 0 Å². The lowest BCUT2D eigenvalue weighted by Gasteiger charge is -2.27. The molecule has 1 aromatic carbocycles. The Kier molecular flexibility index (Phi) is 6.86. The molecule has 0 fully saturated rings. The number of nitrogens with one attached hydrogen (secondary N) is 1. The fourth-order valence-corrected chi connectivity index (χ4v) is 2.43. The lowest BCUT2D eigenvalue weighted by molar-refractivity contribution is 0.454. The number of hydrogen-bond acceptors (Lipinski definition) is 3. The first-order valence-corrected chi connectivity index (χ1v) is 7.84. The smallest absolute Gasteiger partial charge is 0.122 e. The van der Waals surface area contributed by atoms with Gasteiger partial charge in [-0.3, -0.25) is 0 Å². The van der Waals surface area contributed by atoms with E-state index >= 15 is 0 Å². The standard InChI is InChI=1S/C17H30N2O/c1-6-13(4)12-19(8-3)15-9-10-16(17(20)11-15)14(5)18-7-2/h9-11,13-14,18,20H,6-8,12H2,1-5H3. The van der Waals surface area contributed by atoms with Gasteiger partial charge >= 0.3 is 0 Å². The zero-order chi connectivity index (χ0) is 15.1. The molecule has 0 aliphatic carbocycles. The van der Waals surface area contributed by atoms with Crippen molar-refractivity contribution in [3.05, 3.63) is 23.8 Å². The van der Waals surface area contributed by atoms with Gasteiger partial charge in [0.15, 0.2) is 0 Å². The van der Waals surface area contributed by atoms with Crippen molar-refractivity contribution in [2.75, 3.05) is 24.5 Å². The fraction of sp³-hybridized carbons (Fsp3) is 0.647. The van der Waals surface area contributed by atoms with Crippen LogP contribution in [0.3, 0.4) is 0 Å². The maximum Gasteiger partial charge on any atom is 0.122 e. The first kappa shape index (κ1) is 16.8. The highest BCUT2D eigenvalue weighted by molar-refractivity contribution is 5.54. The van der Waals surface area contributed by atoms with Crippen LogP contribution < -0.4 is 10.2 Å². The third-order valence-corrected chi connectivity index (χ3v) is 3.97. The predicted octanol–water partition coefficient (Wildman–Crippen LogP) is 3.94. The van der Waals surface area contributed by atoms with Crippen LogP contribution in [0.1, 0.15) is 52.6 Å². The van der Waals surface area contributed by atoms with Crippen molar-refractivity contribution in [3.8, 4) is 5.75 Å². The first-order chi connectivity index (χ1) is 9.53. The van der Waals surface area contributed by atoms with Gasteiger partial charge in [0.2, 0.25) is 0 Å². The average Bonchev–Trinajstić information content (AvgIpc) is 2.44. The van der Waals surface area contributed by atoms with E-state index in [9.17, 15) is 5.11 Å². The third-order valence-electron chi connectivity index (χ3n) is 3.97. The molecule has 0 aromatic heterocycles. The first-order valence-electron chi connectivity index (χ1n) is 7.84. The summed E-state index contributed by atoms with van der Waals surface area (Å²) in [6.07, 6.45) is 1.18. The van der Waals surface area contributed by atoms with Crippen LogP contribution in [0.2, 0.25) is 0 Å². The minimum atomic E-state index is 0.179. The molecule has 0 saturated heterocycles. The normalized spacial score (nSPS) is 14.1. The summed E-state index contributed by atoms with van der Waals surface area (Å²) in [5.74, 6) is 1.05. The Hall–Kier alpha value is -1.22. The van der Waals surface area contributed by atoms with Gasteiger partial charge in [0.1, 0.15) is 5.75 Å². The summed E-state index contributed by atoms with van der Waals surface area (Å²) < 4.78 is 0. The van der Waals surface area contributed by atoms with Crippen LogP contribution in [-0.2, 0) is 0 Å². The Bertz CT molecular complexity index is 406. The molecule has 2 unspecified atom stereocenters. The summed E-state index contributed by atoms with van der Waals surface area (Å²) in [6, 6.07) is 6.24. The second kappa shape index (κ2) is 8.15. The predicted molar refractivity (Wildman–Crippen MR) is 87.5 cm³/mol. The number of anilines is 1. The molecule has 1 rings (SSSR count). The van der Waals surface area contributed by atoms with E-state index in [0.29, 0.717) is 11.7 Å². The number of phenolic OH excluding ortho intramolecular Hbond substituents is 1. The number of nitrogens with zero attached hydrogens (tertiary/aromatic N) is 1. The number of phenols is 1. The number of hydrogen-bond donors (Lipinski definition) is 2. The molecule has 0 spiro atoms. The van der Waals surface area contributed by atoms with E-state index in [1.54, 1.807) is 0 Å². The van der Waals surface area contributed by atoms with Gasteiger partial charge in [-0.05, 0) is 32.4 Å². The molecule has 0 aliphatic heterocycles. The molecule has 3 heteroatoms. The summed E-state index contributed by atoms with van der Waals surface area (Å²) in [5.41, 5.74) is 2.08. The summed E-state index contributed by atoms with van der Waals surface area (Å²) in [6.45, 7) is 13.7. The maximum atomic E-state index is 10.3. The van der Waals surface area contributed by atoms with Crippen molar-refractivity contribution in [2.24, 2.45) is 5.92 Å². The molecular weight excluding hydrogens is 248 g/mol. The SMILES string of the molecule is CCNC(C)c1ccc(N(CC)CC(C)CC)cc1O. The molecule has 0 heterocycles. The van der Waals surface area contributed by atoms with E-state index in [1.807, 2.05) is 12.1 Å². The lowest BCUT2D eigenvalue weighted by Crippen LogP contribution is -2.28. The molecule has 0 radical (unpaired) electrons. The van der Waals surface area contributed by atoms with Crippen LogP contribution in [0.5, 0.6) is 5.75 Å². The number of benzene rings is 1. The average molecular weight is 278 g/mol. The van der Waals surface area contributed by atoms with Crippen molar-refractivity contribution >= 4 is 5.69 Å². The van der Waals surface area contributed by atoms with Gasteiger partial charge in [-0.25, -0.2) is 0 Å². The summed E-state index contributed by atoms with van der Waals surface area (Å²) in [4.78, 5) is 2.33. The van der Waals surface area contributed by atoms with Gasteiger partial charge in [0.05, 0.1) is 0 Å². The zero-order valence-electron chi connectivity index (χ0n) is 13.6. The van der Waals surface area contributed by atoms with E-state index in [-0.39, 0.29) is 6.04 Å². The van der Waals surface area contributed by atoms with E-state index < -0.39 is 0 Å². The van der Waals surface area contributed by atoms with Gasteiger partial charge in [-0.2, -0.15) is 0 Å². The highest BCUT2D eigenvalue weighted by Crippen LogP contribution is 2.29. The van der Waals surface area contributed by atoms with Crippen LogP contribution in [0.25, 0.3) is 0 Å². The quantitative estimate of drug-likeness (QED) is 0.756. The van der Waals surface area contributed by atoms with E-state index in [4.69, 9.17) is 0 Å². The topological polar surface area (TPSA) is 35.5 Å². The Morgan fingerprint density at radius 3 is 2.40 bits per heavy atom. The molecule has 0 bridgehead atoms. The molecule has 0 aliphatic rings. The van der Waals surface area contributed by atoms with Crippen molar-refractivity contribution in [3.63, 3.8) is 0 Å². The highest BCUT2D eigenvalue weighted by Gasteiger charge is 2.13. The number of rotatable bonds is 8. The molecular formula is C17H30N2O. The zero-order valence-corrected chi connectivity index (χ0v) is 13.6. The highest BCUT2D eigenvalue weighted by atomic mass is 16.3. The molecule has 20 heavy (non-hydrogen) atoms.